The van der Waals surface area contributed by atoms with E-state index in [4.69, 9.17) is 0 Å². The first-order valence-corrected chi connectivity index (χ1v) is 6.72. The maximum Gasteiger partial charge on any atom is 0.00105 e. The largest absolute Gasteiger partial charge is 0.314 e. The molecule has 1 aromatic rings. The highest BCUT2D eigenvalue weighted by Crippen LogP contribution is 2.48. The molecule has 0 aliphatic heterocycles. The van der Waals surface area contributed by atoms with E-state index >= 15 is 0 Å². The van der Waals surface area contributed by atoms with Crippen LogP contribution < -0.4 is 5.32 Å². The summed E-state index contributed by atoms with van der Waals surface area (Å²) in [5, 5.41) is 3.43. The summed E-state index contributed by atoms with van der Waals surface area (Å²) in [6.07, 6.45) is 7.22. The molecule has 0 heterocycles. The summed E-state index contributed by atoms with van der Waals surface area (Å²) in [7, 11) is 0. The zero-order valence-electron chi connectivity index (χ0n) is 10.9. The second-order valence-corrected chi connectivity index (χ2v) is 5.24. The van der Waals surface area contributed by atoms with Crippen molar-refractivity contribution in [3.05, 3.63) is 48.0 Å². The Hall–Kier alpha value is -1.08. The van der Waals surface area contributed by atoms with Gasteiger partial charge in [-0.3, -0.25) is 0 Å². The summed E-state index contributed by atoms with van der Waals surface area (Å²) in [5.41, 5.74) is 1.50. The summed E-state index contributed by atoms with van der Waals surface area (Å²) in [5.74, 6) is 1.57. The minimum atomic E-state index is 0.599. The summed E-state index contributed by atoms with van der Waals surface area (Å²) >= 11 is 0. The molecule has 0 amide bonds. The number of allylic oxidation sites excluding steroid dienone is 1. The van der Waals surface area contributed by atoms with E-state index in [0.29, 0.717) is 6.04 Å². The first-order valence-electron chi connectivity index (χ1n) is 6.72. The van der Waals surface area contributed by atoms with E-state index in [1.807, 2.05) is 0 Å². The van der Waals surface area contributed by atoms with Crippen molar-refractivity contribution < 1.29 is 0 Å². The van der Waals surface area contributed by atoms with Gasteiger partial charge in [-0.25, -0.2) is 0 Å². The van der Waals surface area contributed by atoms with Crippen LogP contribution in [0.4, 0.5) is 0 Å². The van der Waals surface area contributed by atoms with Crippen molar-refractivity contribution >= 4 is 0 Å². The third-order valence-electron chi connectivity index (χ3n) is 3.31. The van der Waals surface area contributed by atoms with E-state index in [9.17, 15) is 0 Å². The molecule has 0 aromatic heterocycles. The van der Waals surface area contributed by atoms with Crippen LogP contribution in [-0.2, 0) is 0 Å². The Kier molecular flexibility index (Phi) is 4.38. The second kappa shape index (κ2) is 6.02. The molecule has 1 N–H and O–H groups in total. The Morgan fingerprint density at radius 3 is 2.76 bits per heavy atom. The molecule has 1 aliphatic rings. The zero-order valence-corrected chi connectivity index (χ0v) is 10.9. The molecule has 0 bridgehead atoms. The van der Waals surface area contributed by atoms with Gasteiger partial charge in [-0.15, -0.1) is 0 Å². The molecular weight excluding hydrogens is 206 g/mol. The lowest BCUT2D eigenvalue weighted by atomic mass is 10.1. The van der Waals surface area contributed by atoms with E-state index in [2.05, 4.69) is 61.6 Å². The molecule has 1 aliphatic carbocycles. The Balaban J connectivity index is 1.68. The Labute approximate surface area is 105 Å². The summed E-state index contributed by atoms with van der Waals surface area (Å²) in [6, 6.07) is 11.5. The van der Waals surface area contributed by atoms with Crippen LogP contribution >= 0.6 is 0 Å². The maximum atomic E-state index is 3.43. The van der Waals surface area contributed by atoms with E-state index in [-0.39, 0.29) is 0 Å². The molecule has 17 heavy (non-hydrogen) atoms. The van der Waals surface area contributed by atoms with Gasteiger partial charge in [-0.05, 0) is 36.8 Å². The fraction of sp³-hybridized carbons (Fsp3) is 0.500. The fourth-order valence-electron chi connectivity index (χ4n) is 2.24. The molecular formula is C16H23N. The van der Waals surface area contributed by atoms with Gasteiger partial charge in [0, 0.05) is 6.04 Å². The Morgan fingerprint density at radius 2 is 2.06 bits per heavy atom. The molecule has 0 spiro atoms. The molecule has 2 rings (SSSR count). The van der Waals surface area contributed by atoms with Crippen LogP contribution in [0, 0.1) is 5.92 Å². The number of benzene rings is 1. The van der Waals surface area contributed by atoms with Gasteiger partial charge in [0.25, 0.3) is 0 Å². The molecule has 92 valence electrons. The highest BCUT2D eigenvalue weighted by molar-refractivity contribution is 5.28. The van der Waals surface area contributed by atoms with Crippen molar-refractivity contribution in [2.45, 2.75) is 38.6 Å². The minimum absolute atomic E-state index is 0.599. The molecule has 1 nitrogen and oxygen atoms in total. The molecule has 1 fully saturated rings. The summed E-state index contributed by atoms with van der Waals surface area (Å²) in [6.45, 7) is 5.48. The first kappa shape index (κ1) is 12.4. The van der Waals surface area contributed by atoms with Gasteiger partial charge in [0.1, 0.15) is 0 Å². The van der Waals surface area contributed by atoms with Crippen LogP contribution in [0.1, 0.15) is 38.2 Å². The summed E-state index contributed by atoms with van der Waals surface area (Å²) in [4.78, 5) is 0. The van der Waals surface area contributed by atoms with Gasteiger partial charge in [0.2, 0.25) is 0 Å². The van der Waals surface area contributed by atoms with Crippen LogP contribution in [0.3, 0.4) is 0 Å². The van der Waals surface area contributed by atoms with Crippen LogP contribution in [-0.4, -0.2) is 12.6 Å². The van der Waals surface area contributed by atoms with Gasteiger partial charge < -0.3 is 5.32 Å². The van der Waals surface area contributed by atoms with E-state index in [0.717, 1.165) is 24.8 Å². The quantitative estimate of drug-likeness (QED) is 0.579. The predicted octanol–water partition coefficient (Wildman–Crippen LogP) is 3.73. The van der Waals surface area contributed by atoms with Crippen molar-refractivity contribution in [2.24, 2.45) is 5.92 Å². The topological polar surface area (TPSA) is 12.0 Å². The van der Waals surface area contributed by atoms with Gasteiger partial charge in [0.05, 0.1) is 0 Å². The van der Waals surface area contributed by atoms with Gasteiger partial charge in [0.15, 0.2) is 0 Å². The van der Waals surface area contributed by atoms with Crippen LogP contribution in [0.5, 0.6) is 0 Å². The van der Waals surface area contributed by atoms with Crippen molar-refractivity contribution in [2.75, 3.05) is 6.54 Å². The third-order valence-corrected chi connectivity index (χ3v) is 3.31. The van der Waals surface area contributed by atoms with Crippen LogP contribution in [0.2, 0.25) is 0 Å². The van der Waals surface area contributed by atoms with Gasteiger partial charge >= 0.3 is 0 Å². The first-order chi connectivity index (χ1) is 8.27. The van der Waals surface area contributed by atoms with Crippen molar-refractivity contribution in [1.82, 2.24) is 5.32 Å². The lowest BCUT2D eigenvalue weighted by Gasteiger charge is -2.04. The van der Waals surface area contributed by atoms with Crippen LogP contribution in [0.25, 0.3) is 0 Å². The molecule has 2 unspecified atom stereocenters. The summed E-state index contributed by atoms with van der Waals surface area (Å²) < 4.78 is 0. The standard InChI is InChI=1S/C16H23N/c1-13(2)17-11-7-6-10-15-12-16(15)14-8-4-3-5-9-14/h3-6,8-10,13,15-17H,7,11-12H2,1-2H3/b10-6+. The second-order valence-electron chi connectivity index (χ2n) is 5.24. The van der Waals surface area contributed by atoms with Gasteiger partial charge in [-0.1, -0.05) is 56.3 Å². The van der Waals surface area contributed by atoms with E-state index in [1.165, 1.54) is 12.0 Å². The third kappa shape index (κ3) is 4.01. The Morgan fingerprint density at radius 1 is 1.29 bits per heavy atom. The SMILES string of the molecule is CC(C)NCC/C=C/C1CC1c1ccccc1. The normalized spacial score (nSPS) is 23.5. The molecule has 1 saturated carbocycles. The molecule has 0 radical (unpaired) electrons. The number of hydrogen-bond acceptors (Lipinski definition) is 1. The lowest BCUT2D eigenvalue weighted by Crippen LogP contribution is -2.23. The van der Waals surface area contributed by atoms with E-state index < -0.39 is 0 Å². The average Bonchev–Trinajstić information content (AvgIpc) is 3.09. The number of rotatable bonds is 6. The smallest absolute Gasteiger partial charge is 0.00105 e. The average molecular weight is 229 g/mol. The molecule has 0 saturated heterocycles. The van der Waals surface area contributed by atoms with Crippen LogP contribution in [0.15, 0.2) is 42.5 Å². The highest BCUT2D eigenvalue weighted by atomic mass is 14.9. The van der Waals surface area contributed by atoms with Crippen molar-refractivity contribution in [3.8, 4) is 0 Å². The fourth-order valence-corrected chi connectivity index (χ4v) is 2.24. The molecule has 2 atom stereocenters. The molecule has 1 aromatic carbocycles. The lowest BCUT2D eigenvalue weighted by molar-refractivity contribution is 0.594. The zero-order chi connectivity index (χ0) is 12.1. The maximum absolute atomic E-state index is 3.43. The number of hydrogen-bond donors (Lipinski definition) is 1. The van der Waals surface area contributed by atoms with Gasteiger partial charge in [-0.2, -0.15) is 0 Å². The van der Waals surface area contributed by atoms with Crippen molar-refractivity contribution in [1.29, 1.82) is 0 Å². The molecule has 1 heteroatoms. The van der Waals surface area contributed by atoms with E-state index in [1.54, 1.807) is 0 Å². The highest BCUT2D eigenvalue weighted by Gasteiger charge is 2.35. The number of nitrogens with one attached hydrogen (secondary N) is 1. The minimum Gasteiger partial charge on any atom is -0.314 e. The predicted molar refractivity (Wildman–Crippen MR) is 74.2 cm³/mol. The Bertz CT molecular complexity index is 353. The monoisotopic (exact) mass is 229 g/mol. The van der Waals surface area contributed by atoms with Crippen molar-refractivity contribution in [3.63, 3.8) is 0 Å².